The number of nitrogens with one attached hydrogen (secondary N) is 1. The summed E-state index contributed by atoms with van der Waals surface area (Å²) in [5, 5.41) is 8.45. The maximum Gasteiger partial charge on any atom is 0.239 e. The standard InChI is InChI=1S/C14H16N4O2S/c15-21(19,20)12-5-6-14(17-10-12)18-8-7-16-9-11-3-1-2-4-13(11)18/h1-6,10,16H,7-9H2,(H2,15,19,20). The molecule has 0 atom stereocenters. The molecule has 110 valence electrons. The average molecular weight is 304 g/mol. The number of para-hydroxylation sites is 1. The highest BCUT2D eigenvalue weighted by atomic mass is 32.2. The fraction of sp³-hybridized carbons (Fsp3) is 0.214. The lowest BCUT2D eigenvalue weighted by Crippen LogP contribution is -2.25. The summed E-state index contributed by atoms with van der Waals surface area (Å²) in [6.07, 6.45) is 1.30. The van der Waals surface area contributed by atoms with E-state index in [0.717, 1.165) is 25.3 Å². The van der Waals surface area contributed by atoms with Crippen LogP contribution in [-0.4, -0.2) is 26.5 Å². The Kier molecular flexibility index (Phi) is 3.62. The van der Waals surface area contributed by atoms with Crippen LogP contribution in [0.1, 0.15) is 5.56 Å². The van der Waals surface area contributed by atoms with E-state index >= 15 is 0 Å². The lowest BCUT2D eigenvalue weighted by molar-refractivity contribution is 0.597. The predicted octanol–water partition coefficient (Wildman–Crippen LogP) is 0.970. The van der Waals surface area contributed by atoms with E-state index in [1.54, 1.807) is 6.07 Å². The molecule has 6 nitrogen and oxygen atoms in total. The molecule has 2 heterocycles. The molecule has 0 saturated carbocycles. The Labute approximate surface area is 123 Å². The minimum absolute atomic E-state index is 0.0208. The number of nitrogens with two attached hydrogens (primary N) is 1. The highest BCUT2D eigenvalue weighted by Gasteiger charge is 2.17. The molecule has 0 saturated heterocycles. The molecular weight excluding hydrogens is 288 g/mol. The summed E-state index contributed by atoms with van der Waals surface area (Å²) in [6.45, 7) is 2.40. The average Bonchev–Trinajstić information content (AvgIpc) is 2.69. The SMILES string of the molecule is NS(=O)(=O)c1ccc(N2CCNCc3ccccc32)nc1. The highest BCUT2D eigenvalue weighted by Crippen LogP contribution is 2.28. The molecule has 1 aromatic carbocycles. The molecule has 3 N–H and O–H groups in total. The van der Waals surface area contributed by atoms with Crippen molar-refractivity contribution in [2.24, 2.45) is 5.14 Å². The Balaban J connectivity index is 2.00. The fourth-order valence-electron chi connectivity index (χ4n) is 2.40. The molecule has 0 amide bonds. The summed E-state index contributed by atoms with van der Waals surface area (Å²) in [5.74, 6) is 0.707. The van der Waals surface area contributed by atoms with Crippen molar-refractivity contribution in [1.29, 1.82) is 0 Å². The molecule has 2 aromatic rings. The largest absolute Gasteiger partial charge is 0.325 e. The van der Waals surface area contributed by atoms with Gasteiger partial charge in [-0.25, -0.2) is 18.5 Å². The summed E-state index contributed by atoms with van der Waals surface area (Å²) >= 11 is 0. The van der Waals surface area contributed by atoms with Gasteiger partial charge in [-0.15, -0.1) is 0 Å². The molecule has 0 unspecified atom stereocenters. The second kappa shape index (κ2) is 5.44. The van der Waals surface area contributed by atoms with Gasteiger partial charge in [0.15, 0.2) is 0 Å². The van der Waals surface area contributed by atoms with Crippen molar-refractivity contribution in [3.8, 4) is 0 Å². The van der Waals surface area contributed by atoms with Crippen LogP contribution in [0, 0.1) is 0 Å². The number of anilines is 2. The first-order valence-electron chi connectivity index (χ1n) is 6.61. The van der Waals surface area contributed by atoms with Gasteiger partial charge in [-0.05, 0) is 23.8 Å². The van der Waals surface area contributed by atoms with Crippen LogP contribution in [0.15, 0.2) is 47.5 Å². The number of sulfonamides is 1. The first-order chi connectivity index (χ1) is 10.1. The summed E-state index contributed by atoms with van der Waals surface area (Å²) in [6, 6.07) is 11.3. The Morgan fingerprint density at radius 3 is 2.71 bits per heavy atom. The molecule has 0 fully saturated rings. The van der Waals surface area contributed by atoms with Crippen LogP contribution in [0.4, 0.5) is 11.5 Å². The third-order valence-electron chi connectivity index (χ3n) is 3.44. The minimum Gasteiger partial charge on any atom is -0.325 e. The summed E-state index contributed by atoms with van der Waals surface area (Å²) in [5.41, 5.74) is 2.27. The maximum atomic E-state index is 11.3. The van der Waals surface area contributed by atoms with Crippen LogP contribution < -0.4 is 15.4 Å². The van der Waals surface area contributed by atoms with E-state index < -0.39 is 10.0 Å². The number of hydrogen-bond donors (Lipinski definition) is 2. The topological polar surface area (TPSA) is 88.3 Å². The van der Waals surface area contributed by atoms with Crippen LogP contribution in [0.3, 0.4) is 0 Å². The molecule has 21 heavy (non-hydrogen) atoms. The fourth-order valence-corrected chi connectivity index (χ4v) is 2.85. The highest BCUT2D eigenvalue weighted by molar-refractivity contribution is 7.89. The summed E-state index contributed by atoms with van der Waals surface area (Å²) in [7, 11) is -3.71. The van der Waals surface area contributed by atoms with Gasteiger partial charge in [0.1, 0.15) is 10.7 Å². The Morgan fingerprint density at radius 2 is 2.00 bits per heavy atom. The number of rotatable bonds is 2. The Morgan fingerprint density at radius 1 is 1.19 bits per heavy atom. The van der Waals surface area contributed by atoms with Crippen LogP contribution in [0.25, 0.3) is 0 Å². The number of hydrogen-bond acceptors (Lipinski definition) is 5. The molecule has 0 bridgehead atoms. The van der Waals surface area contributed by atoms with E-state index in [4.69, 9.17) is 5.14 Å². The van der Waals surface area contributed by atoms with Crippen molar-refractivity contribution in [2.75, 3.05) is 18.0 Å². The second-order valence-corrected chi connectivity index (χ2v) is 6.42. The van der Waals surface area contributed by atoms with E-state index in [-0.39, 0.29) is 4.90 Å². The van der Waals surface area contributed by atoms with E-state index in [0.29, 0.717) is 5.82 Å². The normalized spacial score (nSPS) is 15.4. The molecule has 7 heteroatoms. The zero-order chi connectivity index (χ0) is 14.9. The molecular formula is C14H16N4O2S. The molecule has 0 radical (unpaired) electrons. The van der Waals surface area contributed by atoms with Crippen molar-refractivity contribution in [2.45, 2.75) is 11.4 Å². The van der Waals surface area contributed by atoms with Crippen LogP contribution in [0.5, 0.6) is 0 Å². The molecule has 1 aliphatic rings. The monoisotopic (exact) mass is 304 g/mol. The van der Waals surface area contributed by atoms with E-state index in [1.807, 2.05) is 18.2 Å². The van der Waals surface area contributed by atoms with Crippen molar-refractivity contribution in [1.82, 2.24) is 10.3 Å². The lowest BCUT2D eigenvalue weighted by Gasteiger charge is -2.23. The van der Waals surface area contributed by atoms with Crippen LogP contribution in [0.2, 0.25) is 0 Å². The van der Waals surface area contributed by atoms with Gasteiger partial charge >= 0.3 is 0 Å². The Hall–Kier alpha value is -1.96. The number of pyridine rings is 1. The van der Waals surface area contributed by atoms with Crippen molar-refractivity contribution >= 4 is 21.5 Å². The smallest absolute Gasteiger partial charge is 0.239 e. The van der Waals surface area contributed by atoms with Gasteiger partial charge in [0.2, 0.25) is 10.0 Å². The number of benzene rings is 1. The van der Waals surface area contributed by atoms with Gasteiger partial charge < -0.3 is 10.2 Å². The van der Waals surface area contributed by atoms with Gasteiger partial charge in [0.05, 0.1) is 0 Å². The van der Waals surface area contributed by atoms with Crippen molar-refractivity contribution in [3.05, 3.63) is 48.2 Å². The van der Waals surface area contributed by atoms with Crippen LogP contribution in [-0.2, 0) is 16.6 Å². The van der Waals surface area contributed by atoms with Crippen molar-refractivity contribution < 1.29 is 8.42 Å². The minimum atomic E-state index is -3.71. The third kappa shape index (κ3) is 2.90. The molecule has 0 aliphatic carbocycles. The first kappa shape index (κ1) is 14.0. The number of fused-ring (bicyclic) bond motifs is 1. The van der Waals surface area contributed by atoms with Gasteiger partial charge in [-0.1, -0.05) is 18.2 Å². The number of aromatic nitrogens is 1. The molecule has 0 spiro atoms. The van der Waals surface area contributed by atoms with Gasteiger partial charge in [0.25, 0.3) is 0 Å². The Bertz CT molecular complexity index is 744. The quantitative estimate of drug-likeness (QED) is 0.863. The molecule has 1 aliphatic heterocycles. The van der Waals surface area contributed by atoms with Gasteiger partial charge in [0, 0.05) is 31.5 Å². The van der Waals surface area contributed by atoms with Crippen molar-refractivity contribution in [3.63, 3.8) is 0 Å². The molecule has 1 aromatic heterocycles. The maximum absolute atomic E-state index is 11.3. The summed E-state index contributed by atoms with van der Waals surface area (Å²) in [4.78, 5) is 6.34. The third-order valence-corrected chi connectivity index (χ3v) is 4.33. The second-order valence-electron chi connectivity index (χ2n) is 4.85. The first-order valence-corrected chi connectivity index (χ1v) is 8.15. The zero-order valence-electron chi connectivity index (χ0n) is 11.4. The van der Waals surface area contributed by atoms with Gasteiger partial charge in [-0.2, -0.15) is 0 Å². The lowest BCUT2D eigenvalue weighted by atomic mass is 10.1. The predicted molar refractivity (Wildman–Crippen MR) is 80.8 cm³/mol. The van der Waals surface area contributed by atoms with E-state index in [1.165, 1.54) is 17.8 Å². The number of nitrogens with zero attached hydrogens (tertiary/aromatic N) is 2. The van der Waals surface area contributed by atoms with E-state index in [2.05, 4.69) is 21.3 Å². The van der Waals surface area contributed by atoms with E-state index in [9.17, 15) is 8.42 Å². The summed E-state index contributed by atoms with van der Waals surface area (Å²) < 4.78 is 22.6. The van der Waals surface area contributed by atoms with Gasteiger partial charge in [-0.3, -0.25) is 0 Å². The van der Waals surface area contributed by atoms with Crippen LogP contribution >= 0.6 is 0 Å². The number of primary sulfonamides is 1. The molecule has 3 rings (SSSR count). The zero-order valence-corrected chi connectivity index (χ0v) is 12.2.